The van der Waals surface area contributed by atoms with E-state index in [1.165, 1.54) is 5.56 Å². The molecule has 7 nitrogen and oxygen atoms in total. The summed E-state index contributed by atoms with van der Waals surface area (Å²) in [6, 6.07) is 5.63. The Morgan fingerprint density at radius 2 is 2.23 bits per heavy atom. The van der Waals surface area contributed by atoms with E-state index in [-0.39, 0.29) is 17.7 Å². The molecule has 2 amide bonds. The van der Waals surface area contributed by atoms with Gasteiger partial charge in [-0.15, -0.1) is 0 Å². The molecule has 1 aliphatic rings. The van der Waals surface area contributed by atoms with Gasteiger partial charge in [-0.25, -0.2) is 0 Å². The largest absolute Gasteiger partial charge is 0.354 e. The van der Waals surface area contributed by atoms with E-state index in [1.54, 1.807) is 17.9 Å². The quantitative estimate of drug-likeness (QED) is 0.702. The van der Waals surface area contributed by atoms with Crippen molar-refractivity contribution in [2.24, 2.45) is 7.05 Å². The van der Waals surface area contributed by atoms with Gasteiger partial charge in [0, 0.05) is 31.0 Å². The fraction of sp³-hybridized carbons (Fsp3) is 0.421. The summed E-state index contributed by atoms with van der Waals surface area (Å²) in [5.41, 5.74) is 3.93. The average Bonchev–Trinajstić information content (AvgIpc) is 3.18. The minimum atomic E-state index is -0.458. The van der Waals surface area contributed by atoms with E-state index in [9.17, 15) is 9.59 Å². The number of amides is 2. The van der Waals surface area contributed by atoms with Crippen LogP contribution in [0.2, 0.25) is 0 Å². The van der Waals surface area contributed by atoms with E-state index in [1.807, 2.05) is 25.4 Å². The molecule has 7 heteroatoms. The molecule has 2 aromatic rings. The maximum Gasteiger partial charge on any atom is 0.241 e. The number of likely N-dealkylation sites (N-methyl/N-ethyl adjacent to an activating group) is 1. The van der Waals surface area contributed by atoms with E-state index >= 15 is 0 Å². The summed E-state index contributed by atoms with van der Waals surface area (Å²) in [5, 5.41) is 13.0. The van der Waals surface area contributed by atoms with E-state index < -0.39 is 6.04 Å². The number of hydrogen-bond donors (Lipinski definition) is 3. The van der Waals surface area contributed by atoms with Crippen molar-refractivity contribution in [1.29, 1.82) is 0 Å². The van der Waals surface area contributed by atoms with Crippen LogP contribution in [0.4, 0.5) is 5.69 Å². The Labute approximate surface area is 153 Å². The molecule has 0 radical (unpaired) electrons. The van der Waals surface area contributed by atoms with Crippen LogP contribution in [0.1, 0.15) is 42.0 Å². The number of carbonyl (C=O) groups is 2. The van der Waals surface area contributed by atoms with Crippen LogP contribution in [-0.2, 0) is 23.1 Å². The van der Waals surface area contributed by atoms with Crippen molar-refractivity contribution in [2.45, 2.75) is 31.7 Å². The molecule has 0 saturated heterocycles. The molecule has 26 heavy (non-hydrogen) atoms. The molecule has 1 aromatic carbocycles. The zero-order chi connectivity index (χ0) is 18.7. The predicted molar refractivity (Wildman–Crippen MR) is 99.8 cm³/mol. The first kappa shape index (κ1) is 18.1. The number of nitrogens with one attached hydrogen (secondary N) is 3. The lowest BCUT2D eigenvalue weighted by Gasteiger charge is -2.16. The second-order valence-corrected chi connectivity index (χ2v) is 6.57. The maximum atomic E-state index is 12.5. The number of nitrogens with zero attached hydrogens (tertiary/aromatic N) is 2. The number of hydrogen-bond acceptors (Lipinski definition) is 4. The van der Waals surface area contributed by atoms with Crippen molar-refractivity contribution < 1.29 is 9.59 Å². The summed E-state index contributed by atoms with van der Waals surface area (Å²) in [5.74, 6) is -0.343. The van der Waals surface area contributed by atoms with Crippen molar-refractivity contribution in [1.82, 2.24) is 20.4 Å². The Bertz CT molecular complexity index is 814. The average molecular weight is 355 g/mol. The van der Waals surface area contributed by atoms with Gasteiger partial charge in [0.1, 0.15) is 6.04 Å². The Balaban J connectivity index is 1.61. The zero-order valence-corrected chi connectivity index (χ0v) is 15.4. The Morgan fingerprint density at radius 3 is 2.88 bits per heavy atom. The van der Waals surface area contributed by atoms with Gasteiger partial charge >= 0.3 is 0 Å². The van der Waals surface area contributed by atoms with Gasteiger partial charge in [0.05, 0.1) is 12.1 Å². The molecule has 2 atom stereocenters. The van der Waals surface area contributed by atoms with Crippen LogP contribution < -0.4 is 16.0 Å². The van der Waals surface area contributed by atoms with Gasteiger partial charge in [-0.2, -0.15) is 5.10 Å². The van der Waals surface area contributed by atoms with Gasteiger partial charge in [0.25, 0.3) is 0 Å². The van der Waals surface area contributed by atoms with Crippen LogP contribution >= 0.6 is 0 Å². The van der Waals surface area contributed by atoms with Crippen molar-refractivity contribution in [3.8, 4) is 0 Å². The normalized spacial score (nSPS) is 16.9. The third-order valence-electron chi connectivity index (χ3n) is 4.82. The predicted octanol–water partition coefficient (Wildman–Crippen LogP) is 1.49. The van der Waals surface area contributed by atoms with Gasteiger partial charge in [0.15, 0.2) is 0 Å². The Hall–Kier alpha value is -2.67. The van der Waals surface area contributed by atoms with Crippen molar-refractivity contribution >= 4 is 17.5 Å². The molecule has 1 aliphatic heterocycles. The molecule has 0 saturated carbocycles. The summed E-state index contributed by atoms with van der Waals surface area (Å²) in [4.78, 5) is 24.7. The molecule has 2 unspecified atom stereocenters. The van der Waals surface area contributed by atoms with Crippen molar-refractivity contribution in [3.05, 3.63) is 47.3 Å². The van der Waals surface area contributed by atoms with Crippen molar-refractivity contribution in [2.75, 3.05) is 18.9 Å². The first-order valence-electron chi connectivity index (χ1n) is 8.90. The van der Waals surface area contributed by atoms with Crippen LogP contribution in [0, 0.1) is 0 Å². The molecule has 138 valence electrons. The number of rotatable bonds is 7. The molecule has 0 fully saturated rings. The molecule has 0 spiro atoms. The number of carbonyl (C=O) groups excluding carboxylic acids is 2. The molecule has 2 heterocycles. The van der Waals surface area contributed by atoms with Gasteiger partial charge in [0.2, 0.25) is 11.8 Å². The molecule has 3 N–H and O–H groups in total. The van der Waals surface area contributed by atoms with Gasteiger partial charge in [-0.05, 0) is 37.1 Å². The number of benzene rings is 1. The number of aryl methyl sites for hydroxylation is 2. The van der Waals surface area contributed by atoms with Crippen LogP contribution in [-0.4, -0.2) is 35.2 Å². The third-order valence-corrected chi connectivity index (χ3v) is 4.82. The maximum absolute atomic E-state index is 12.5. The number of fused-ring (bicyclic) bond motifs is 1. The SMILES string of the molecule is CCc1ccc2c(c1)C(CCNC(=O)C(NC)c1cnn(C)c1)C(=O)N2. The third kappa shape index (κ3) is 3.62. The summed E-state index contributed by atoms with van der Waals surface area (Å²) in [6.45, 7) is 2.53. The van der Waals surface area contributed by atoms with E-state index in [4.69, 9.17) is 0 Å². The minimum absolute atomic E-state index is 0.0000667. The second kappa shape index (κ2) is 7.70. The van der Waals surface area contributed by atoms with E-state index in [0.29, 0.717) is 13.0 Å². The van der Waals surface area contributed by atoms with Crippen LogP contribution in [0.5, 0.6) is 0 Å². The summed E-state index contributed by atoms with van der Waals surface area (Å²) in [6.07, 6.45) is 4.99. The molecule has 0 bridgehead atoms. The van der Waals surface area contributed by atoms with Crippen LogP contribution in [0.3, 0.4) is 0 Å². The molecule has 3 rings (SSSR count). The highest BCUT2D eigenvalue weighted by Crippen LogP contribution is 2.35. The van der Waals surface area contributed by atoms with E-state index in [0.717, 1.165) is 23.2 Å². The van der Waals surface area contributed by atoms with Crippen LogP contribution in [0.15, 0.2) is 30.6 Å². The second-order valence-electron chi connectivity index (χ2n) is 6.57. The minimum Gasteiger partial charge on any atom is -0.354 e. The first-order valence-corrected chi connectivity index (χ1v) is 8.90. The fourth-order valence-electron chi connectivity index (χ4n) is 3.36. The number of anilines is 1. The Morgan fingerprint density at radius 1 is 1.42 bits per heavy atom. The highest BCUT2D eigenvalue weighted by molar-refractivity contribution is 6.03. The lowest BCUT2D eigenvalue weighted by atomic mass is 9.95. The molecular weight excluding hydrogens is 330 g/mol. The monoisotopic (exact) mass is 355 g/mol. The first-order chi connectivity index (χ1) is 12.5. The smallest absolute Gasteiger partial charge is 0.241 e. The summed E-state index contributed by atoms with van der Waals surface area (Å²) < 4.78 is 1.66. The van der Waals surface area contributed by atoms with Gasteiger partial charge < -0.3 is 16.0 Å². The van der Waals surface area contributed by atoms with Crippen LogP contribution in [0.25, 0.3) is 0 Å². The lowest BCUT2D eigenvalue weighted by molar-refractivity contribution is -0.123. The van der Waals surface area contributed by atoms with Gasteiger partial charge in [-0.3, -0.25) is 14.3 Å². The summed E-state index contributed by atoms with van der Waals surface area (Å²) >= 11 is 0. The highest BCUT2D eigenvalue weighted by Gasteiger charge is 2.30. The molecule has 0 aliphatic carbocycles. The Kier molecular flexibility index (Phi) is 5.37. The fourth-order valence-corrected chi connectivity index (χ4v) is 3.36. The van der Waals surface area contributed by atoms with Gasteiger partial charge in [-0.1, -0.05) is 19.1 Å². The highest BCUT2D eigenvalue weighted by atomic mass is 16.2. The molecule has 1 aromatic heterocycles. The number of aromatic nitrogens is 2. The standard InChI is InChI=1S/C19H25N5O2/c1-4-12-5-6-16-15(9-12)14(18(25)23-16)7-8-21-19(26)17(20-2)13-10-22-24(3)11-13/h5-6,9-11,14,17,20H,4,7-8H2,1-3H3,(H,21,26)(H,23,25). The topological polar surface area (TPSA) is 88.1 Å². The van der Waals surface area contributed by atoms with E-state index in [2.05, 4.69) is 34.0 Å². The zero-order valence-electron chi connectivity index (χ0n) is 15.4. The van der Waals surface area contributed by atoms with Crippen molar-refractivity contribution in [3.63, 3.8) is 0 Å². The molecular formula is C19H25N5O2. The summed E-state index contributed by atoms with van der Waals surface area (Å²) in [7, 11) is 3.55. The lowest BCUT2D eigenvalue weighted by Crippen LogP contribution is -2.37.